The number of aryl methyl sites for hydroxylation is 1. The molecule has 1 heterocycles. The van der Waals surface area contributed by atoms with Crippen LogP contribution in [0.1, 0.15) is 22.4 Å². The van der Waals surface area contributed by atoms with Crippen molar-refractivity contribution in [3.63, 3.8) is 0 Å². The summed E-state index contributed by atoms with van der Waals surface area (Å²) < 4.78 is 134. The minimum Gasteiger partial charge on any atom is -0.300 e. The Balaban J connectivity index is 2.31. The first-order valence-corrected chi connectivity index (χ1v) is 9.47. The van der Waals surface area contributed by atoms with Crippen molar-refractivity contribution in [2.75, 3.05) is 0 Å². The molecule has 3 rings (SSSR count). The van der Waals surface area contributed by atoms with Crippen molar-refractivity contribution in [2.24, 2.45) is 0 Å². The molecule has 0 aliphatic heterocycles. The molecular formula is C20H11F10N3O3. The molecule has 0 spiro atoms. The molecule has 194 valence electrons. The zero-order chi connectivity index (χ0) is 27.4. The average Bonchev–Trinajstić information content (AvgIpc) is 2.71. The number of benzene rings is 2. The van der Waals surface area contributed by atoms with Crippen molar-refractivity contribution >= 4 is 16.7 Å². The van der Waals surface area contributed by atoms with Crippen LogP contribution in [0.5, 0.6) is 0 Å². The number of aromatic nitrogens is 2. The Morgan fingerprint density at radius 1 is 0.917 bits per heavy atom. The molecule has 0 N–H and O–H groups in total. The van der Waals surface area contributed by atoms with Crippen LogP contribution in [-0.2, 0) is 18.4 Å². The highest BCUT2D eigenvalue weighted by molar-refractivity contribution is 5.76. The number of nitro benzene ring substituents is 1. The smallest absolute Gasteiger partial charge is 0.300 e. The number of hydrogen-bond donors (Lipinski definition) is 0. The maximum Gasteiger partial charge on any atom is 0.438 e. The zero-order valence-corrected chi connectivity index (χ0v) is 17.5. The first kappa shape index (κ1) is 26.9. The summed E-state index contributed by atoms with van der Waals surface area (Å²) in [5.74, 6) is 0. The first-order valence-electron chi connectivity index (χ1n) is 9.47. The molecule has 0 unspecified atom stereocenters. The summed E-state index contributed by atoms with van der Waals surface area (Å²) in [6.45, 7) is 0.565. The number of nitro groups is 1. The lowest BCUT2D eigenvalue weighted by atomic mass is 9.93. The van der Waals surface area contributed by atoms with Gasteiger partial charge in [-0.2, -0.15) is 39.5 Å². The Bertz CT molecular complexity index is 1390. The zero-order valence-electron chi connectivity index (χ0n) is 17.5. The second-order valence-corrected chi connectivity index (χ2v) is 7.58. The number of halogens is 10. The Kier molecular flexibility index (Phi) is 6.30. The van der Waals surface area contributed by atoms with Crippen LogP contribution < -0.4 is 5.56 Å². The topological polar surface area (TPSA) is 78.0 Å². The van der Waals surface area contributed by atoms with Crippen molar-refractivity contribution in [2.45, 2.75) is 37.7 Å². The molecule has 16 heteroatoms. The summed E-state index contributed by atoms with van der Waals surface area (Å²) in [5, 5.41) is 11.0. The normalized spacial score (nSPS) is 13.3. The third-order valence-corrected chi connectivity index (χ3v) is 5.19. The van der Waals surface area contributed by atoms with Crippen LogP contribution in [0.15, 0.2) is 41.2 Å². The lowest BCUT2D eigenvalue weighted by Gasteiger charge is -2.30. The maximum atomic E-state index is 14.5. The van der Waals surface area contributed by atoms with Crippen LogP contribution >= 0.6 is 0 Å². The summed E-state index contributed by atoms with van der Waals surface area (Å²) in [7, 11) is 0. The van der Waals surface area contributed by atoms with Gasteiger partial charge in [0.1, 0.15) is 0 Å². The van der Waals surface area contributed by atoms with Crippen LogP contribution in [-0.4, -0.2) is 26.8 Å². The fraction of sp³-hybridized carbons (Fsp3) is 0.300. The highest BCUT2D eigenvalue weighted by Crippen LogP contribution is 2.53. The maximum absolute atomic E-state index is 14.5. The third-order valence-electron chi connectivity index (χ3n) is 5.19. The molecular weight excluding hydrogens is 520 g/mol. The lowest BCUT2D eigenvalue weighted by molar-refractivity contribution is -0.385. The Morgan fingerprint density at radius 2 is 1.50 bits per heavy atom. The summed E-state index contributed by atoms with van der Waals surface area (Å²) >= 11 is 0. The minimum absolute atomic E-state index is 0.0370. The molecule has 0 atom stereocenters. The molecule has 36 heavy (non-hydrogen) atoms. The fourth-order valence-corrected chi connectivity index (χ4v) is 3.49. The van der Waals surface area contributed by atoms with Gasteiger partial charge >= 0.3 is 24.2 Å². The molecule has 1 aromatic heterocycles. The van der Waals surface area contributed by atoms with E-state index >= 15 is 0 Å². The number of alkyl halides is 10. The van der Waals surface area contributed by atoms with Crippen molar-refractivity contribution in [3.8, 4) is 0 Å². The van der Waals surface area contributed by atoms with Gasteiger partial charge in [0.2, 0.25) is 5.69 Å². The highest BCUT2D eigenvalue weighted by Gasteiger charge is 2.73. The van der Waals surface area contributed by atoms with Crippen molar-refractivity contribution < 1.29 is 48.8 Å². The van der Waals surface area contributed by atoms with E-state index in [1.807, 2.05) is 0 Å². The summed E-state index contributed by atoms with van der Waals surface area (Å²) in [5.41, 5.74) is -14.1. The van der Waals surface area contributed by atoms with Crippen molar-refractivity contribution in [1.82, 2.24) is 9.55 Å². The van der Waals surface area contributed by atoms with Gasteiger partial charge in [-0.05, 0) is 30.7 Å². The molecule has 0 amide bonds. The van der Waals surface area contributed by atoms with E-state index in [0.29, 0.717) is 10.6 Å². The minimum atomic E-state index is -6.53. The van der Waals surface area contributed by atoms with Crippen molar-refractivity contribution in [3.05, 3.63) is 79.3 Å². The van der Waals surface area contributed by atoms with E-state index in [2.05, 4.69) is 4.98 Å². The van der Waals surface area contributed by atoms with Gasteiger partial charge in [-0.3, -0.25) is 14.9 Å². The van der Waals surface area contributed by atoms with Gasteiger partial charge in [-0.1, -0.05) is 12.1 Å². The molecule has 0 aliphatic carbocycles. The predicted molar refractivity (Wildman–Crippen MR) is 103 cm³/mol. The SMILES string of the molecule is Cc1cc(Cn2c(=O)c(C(F)(F)F)nc3cc(C(F)(C(F)(F)F)C(F)(F)F)ccc32)ccc1[N+](=O)[O-]. The highest BCUT2D eigenvalue weighted by atomic mass is 19.4. The van der Waals surface area contributed by atoms with Gasteiger partial charge in [-0.25, -0.2) is 9.37 Å². The standard InChI is InChI=1S/C20H11F10N3O3/c1-9-6-10(2-4-13(9)33(35)36)8-32-14-5-3-11(17(21,19(25,26)27)20(28,29)30)7-12(14)31-15(16(32)34)18(22,23)24/h2-7H,8H2,1H3. The van der Waals surface area contributed by atoms with Crippen LogP contribution in [0.4, 0.5) is 49.6 Å². The van der Waals surface area contributed by atoms with Gasteiger partial charge in [0.15, 0.2) is 0 Å². The van der Waals surface area contributed by atoms with E-state index in [1.54, 1.807) is 0 Å². The van der Waals surface area contributed by atoms with E-state index in [9.17, 15) is 58.8 Å². The molecule has 0 saturated carbocycles. The largest absolute Gasteiger partial charge is 0.438 e. The second kappa shape index (κ2) is 8.44. The summed E-state index contributed by atoms with van der Waals surface area (Å²) in [6.07, 6.45) is -18.5. The van der Waals surface area contributed by atoms with Crippen LogP contribution in [0.25, 0.3) is 11.0 Å². The van der Waals surface area contributed by atoms with E-state index < -0.39 is 63.5 Å². The number of nitrogens with zero attached hydrogens (tertiary/aromatic N) is 3. The third kappa shape index (κ3) is 4.46. The van der Waals surface area contributed by atoms with Gasteiger partial charge in [-0.15, -0.1) is 0 Å². The molecule has 3 aromatic rings. The molecule has 0 radical (unpaired) electrons. The van der Waals surface area contributed by atoms with Gasteiger partial charge in [0, 0.05) is 17.2 Å². The predicted octanol–water partition coefficient (Wildman–Crippen LogP) is 5.97. The molecule has 0 aliphatic rings. The number of rotatable bonds is 4. The Hall–Kier alpha value is -3.72. The fourth-order valence-electron chi connectivity index (χ4n) is 3.49. The molecule has 0 fully saturated rings. The number of fused-ring (bicyclic) bond motifs is 1. The average molecular weight is 531 g/mol. The van der Waals surface area contributed by atoms with Crippen molar-refractivity contribution in [1.29, 1.82) is 0 Å². The Morgan fingerprint density at radius 3 is 1.97 bits per heavy atom. The second-order valence-electron chi connectivity index (χ2n) is 7.58. The summed E-state index contributed by atoms with van der Waals surface area (Å²) in [6, 6.07) is 3.51. The van der Waals surface area contributed by atoms with E-state index in [4.69, 9.17) is 0 Å². The Labute approximate surface area is 192 Å². The monoisotopic (exact) mass is 531 g/mol. The van der Waals surface area contributed by atoms with Crippen LogP contribution in [0.3, 0.4) is 0 Å². The van der Waals surface area contributed by atoms with Gasteiger partial charge < -0.3 is 4.57 Å². The van der Waals surface area contributed by atoms with Gasteiger partial charge in [0.05, 0.1) is 22.5 Å². The quantitative estimate of drug-likeness (QED) is 0.236. The lowest BCUT2D eigenvalue weighted by Crippen LogP contribution is -2.50. The van der Waals surface area contributed by atoms with Crippen LogP contribution in [0.2, 0.25) is 0 Å². The summed E-state index contributed by atoms with van der Waals surface area (Å²) in [4.78, 5) is 25.6. The van der Waals surface area contributed by atoms with Crippen LogP contribution in [0, 0.1) is 17.0 Å². The molecule has 0 bridgehead atoms. The molecule has 2 aromatic carbocycles. The van der Waals surface area contributed by atoms with Gasteiger partial charge in [0.25, 0.3) is 11.2 Å². The van der Waals surface area contributed by atoms with E-state index in [-0.39, 0.29) is 28.9 Å². The molecule has 6 nitrogen and oxygen atoms in total. The molecule has 0 saturated heterocycles. The van der Waals surface area contributed by atoms with E-state index in [0.717, 1.165) is 18.2 Å². The first-order chi connectivity index (χ1) is 16.3. The van der Waals surface area contributed by atoms with E-state index in [1.165, 1.54) is 6.92 Å². The number of hydrogen-bond acceptors (Lipinski definition) is 4.